The third kappa shape index (κ3) is 10.3. The van der Waals surface area contributed by atoms with Gasteiger partial charge in [0, 0.05) is 21.2 Å². The van der Waals surface area contributed by atoms with E-state index in [0.29, 0.717) is 15.6 Å². The monoisotopic (exact) mass is 674 g/mol. The van der Waals surface area contributed by atoms with Gasteiger partial charge in [0.2, 0.25) is 12.2 Å². The molecule has 0 heterocycles. The van der Waals surface area contributed by atoms with Crippen LogP contribution >= 0.6 is 23.2 Å². The maximum Gasteiger partial charge on any atom is 0.416 e. The lowest BCUT2D eigenvalue weighted by molar-refractivity contribution is -0.149. The van der Waals surface area contributed by atoms with Crippen molar-refractivity contribution in [3.05, 3.63) is 129 Å². The van der Waals surface area contributed by atoms with Gasteiger partial charge in [-0.2, -0.15) is 26.3 Å². The van der Waals surface area contributed by atoms with Crippen molar-refractivity contribution in [2.24, 2.45) is 0 Å². The Balaban J connectivity index is 0.000000246. The molecular formula is C31H22Cl2F6O6. The highest BCUT2D eigenvalue weighted by molar-refractivity contribution is 6.30. The van der Waals surface area contributed by atoms with Gasteiger partial charge in [0.05, 0.1) is 18.2 Å². The van der Waals surface area contributed by atoms with Crippen LogP contribution in [-0.4, -0.2) is 24.2 Å². The van der Waals surface area contributed by atoms with Gasteiger partial charge in [-0.15, -0.1) is 0 Å². The van der Waals surface area contributed by atoms with E-state index in [1.165, 1.54) is 61.7 Å². The van der Waals surface area contributed by atoms with E-state index in [1.807, 2.05) is 0 Å². The molecule has 0 saturated heterocycles. The lowest BCUT2D eigenvalue weighted by Gasteiger charge is -2.18. The standard InChI is InChI=1S/C16H12ClF3O3.C15H10ClF3O3/c1-22-15(21)14(10-5-7-12(17)8-6-10)23-13-4-2-3-11(9-13)16(18,19)20;16-11-6-4-9(5-7-11)13(14(20)21)22-12-3-1-2-10(8-12)15(17,18)19/h2-9,14H,1H3;1-8,13H,(H,20,21). The van der Waals surface area contributed by atoms with Crippen LogP contribution in [0.4, 0.5) is 26.3 Å². The summed E-state index contributed by atoms with van der Waals surface area (Å²) in [6.45, 7) is 0. The summed E-state index contributed by atoms with van der Waals surface area (Å²) < 4.78 is 91.4. The maximum atomic E-state index is 12.7. The van der Waals surface area contributed by atoms with Gasteiger partial charge < -0.3 is 19.3 Å². The van der Waals surface area contributed by atoms with Crippen LogP contribution in [0.25, 0.3) is 0 Å². The maximum absolute atomic E-state index is 12.7. The van der Waals surface area contributed by atoms with E-state index in [2.05, 4.69) is 4.74 Å². The van der Waals surface area contributed by atoms with Crippen LogP contribution in [0.3, 0.4) is 0 Å². The highest BCUT2D eigenvalue weighted by Crippen LogP contribution is 2.34. The topological polar surface area (TPSA) is 82.1 Å². The largest absolute Gasteiger partial charge is 0.478 e. The molecule has 4 aromatic carbocycles. The normalized spacial score (nSPS) is 12.6. The molecule has 4 aromatic rings. The summed E-state index contributed by atoms with van der Waals surface area (Å²) in [5, 5.41) is 10.1. The number of ether oxygens (including phenoxy) is 3. The number of alkyl halides is 6. The van der Waals surface area contributed by atoms with Gasteiger partial charge in [-0.3, -0.25) is 0 Å². The number of esters is 1. The number of halogens is 8. The second-order valence-electron chi connectivity index (χ2n) is 9.01. The summed E-state index contributed by atoms with van der Waals surface area (Å²) in [6, 6.07) is 20.3. The molecule has 1 N–H and O–H groups in total. The molecule has 6 nitrogen and oxygen atoms in total. The minimum Gasteiger partial charge on any atom is -0.478 e. The summed E-state index contributed by atoms with van der Waals surface area (Å²) in [4.78, 5) is 23.2. The van der Waals surface area contributed by atoms with Gasteiger partial charge in [-0.05, 0) is 60.7 Å². The first-order valence-corrected chi connectivity index (χ1v) is 13.3. The predicted octanol–water partition coefficient (Wildman–Crippen LogP) is 9.22. The van der Waals surface area contributed by atoms with Gasteiger partial charge in [0.15, 0.2) is 0 Å². The van der Waals surface area contributed by atoms with E-state index in [1.54, 1.807) is 12.1 Å². The number of carboxylic acid groups (broad SMARTS) is 1. The molecule has 14 heteroatoms. The zero-order valence-electron chi connectivity index (χ0n) is 22.9. The number of rotatable bonds is 8. The fraction of sp³-hybridized carbons (Fsp3) is 0.161. The molecule has 0 fully saturated rings. The number of hydrogen-bond acceptors (Lipinski definition) is 5. The Bertz CT molecular complexity index is 1590. The lowest BCUT2D eigenvalue weighted by Crippen LogP contribution is -2.20. The van der Waals surface area contributed by atoms with Crippen molar-refractivity contribution in [3.63, 3.8) is 0 Å². The molecule has 0 saturated carbocycles. The molecule has 0 aliphatic heterocycles. The summed E-state index contributed by atoms with van der Waals surface area (Å²) >= 11 is 11.5. The minimum absolute atomic E-state index is 0.0924. The average molecular weight is 675 g/mol. The first-order chi connectivity index (χ1) is 21.1. The molecule has 2 atom stereocenters. The van der Waals surface area contributed by atoms with Gasteiger partial charge >= 0.3 is 24.3 Å². The van der Waals surface area contributed by atoms with E-state index in [9.17, 15) is 41.0 Å². The number of methoxy groups -OCH3 is 1. The third-order valence-corrected chi connectivity index (χ3v) is 6.32. The molecule has 45 heavy (non-hydrogen) atoms. The molecule has 0 aliphatic rings. The Morgan fingerprint density at radius 1 is 0.644 bits per heavy atom. The van der Waals surface area contributed by atoms with Crippen LogP contribution in [0.1, 0.15) is 34.5 Å². The van der Waals surface area contributed by atoms with Crippen molar-refractivity contribution in [3.8, 4) is 11.5 Å². The number of carboxylic acids is 1. The second-order valence-corrected chi connectivity index (χ2v) is 9.88. The molecule has 0 spiro atoms. The molecule has 4 rings (SSSR count). The van der Waals surface area contributed by atoms with E-state index < -0.39 is 47.6 Å². The number of hydrogen-bond donors (Lipinski definition) is 1. The Hall–Kier alpha value is -4.42. The van der Waals surface area contributed by atoms with E-state index in [4.69, 9.17) is 32.7 Å². The van der Waals surface area contributed by atoms with Crippen LogP contribution in [0, 0.1) is 0 Å². The molecule has 0 aromatic heterocycles. The number of carbonyl (C=O) groups is 2. The number of aliphatic carboxylic acids is 1. The zero-order valence-corrected chi connectivity index (χ0v) is 24.4. The van der Waals surface area contributed by atoms with Gasteiger partial charge in [0.1, 0.15) is 11.5 Å². The Labute approximate surface area is 262 Å². The van der Waals surface area contributed by atoms with Crippen molar-refractivity contribution in [1.82, 2.24) is 0 Å². The van der Waals surface area contributed by atoms with Crippen molar-refractivity contribution in [1.29, 1.82) is 0 Å². The van der Waals surface area contributed by atoms with Crippen molar-refractivity contribution in [2.75, 3.05) is 7.11 Å². The zero-order chi connectivity index (χ0) is 33.4. The van der Waals surface area contributed by atoms with Gasteiger partial charge in [-0.1, -0.05) is 59.6 Å². The fourth-order valence-electron chi connectivity index (χ4n) is 3.66. The Morgan fingerprint density at radius 2 is 1.02 bits per heavy atom. The highest BCUT2D eigenvalue weighted by atomic mass is 35.5. The average Bonchev–Trinajstić information content (AvgIpc) is 2.99. The predicted molar refractivity (Wildman–Crippen MR) is 152 cm³/mol. The summed E-state index contributed by atoms with van der Waals surface area (Å²) in [5.74, 6) is -2.33. The second kappa shape index (κ2) is 15.0. The van der Waals surface area contributed by atoms with E-state index in [-0.39, 0.29) is 17.1 Å². The summed E-state index contributed by atoms with van der Waals surface area (Å²) in [7, 11) is 1.17. The SMILES string of the molecule is COC(=O)C(Oc1cccc(C(F)(F)F)c1)c1ccc(Cl)cc1.O=C(O)C(Oc1cccc(C(F)(F)F)c1)c1ccc(Cl)cc1. The molecule has 2 unspecified atom stereocenters. The first-order valence-electron chi connectivity index (χ1n) is 12.6. The minimum atomic E-state index is -4.53. The van der Waals surface area contributed by atoms with Crippen LogP contribution in [0.5, 0.6) is 11.5 Å². The summed E-state index contributed by atoms with van der Waals surface area (Å²) in [5.41, 5.74) is -1.09. The molecule has 0 amide bonds. The van der Waals surface area contributed by atoms with Crippen LogP contribution in [0.15, 0.2) is 97.1 Å². The molecule has 238 valence electrons. The van der Waals surface area contributed by atoms with Crippen molar-refractivity contribution in [2.45, 2.75) is 24.6 Å². The molecule has 0 aliphatic carbocycles. The van der Waals surface area contributed by atoms with Crippen LogP contribution < -0.4 is 9.47 Å². The number of benzene rings is 4. The Morgan fingerprint density at radius 3 is 1.38 bits per heavy atom. The van der Waals surface area contributed by atoms with Gasteiger partial charge in [-0.25, -0.2) is 9.59 Å². The van der Waals surface area contributed by atoms with Crippen LogP contribution in [-0.2, 0) is 26.7 Å². The smallest absolute Gasteiger partial charge is 0.416 e. The molecule has 0 radical (unpaired) electrons. The molecule has 0 bridgehead atoms. The third-order valence-electron chi connectivity index (χ3n) is 5.82. The van der Waals surface area contributed by atoms with E-state index >= 15 is 0 Å². The Kier molecular flexibility index (Phi) is 11.7. The lowest BCUT2D eigenvalue weighted by atomic mass is 10.1. The first kappa shape index (κ1) is 35.1. The van der Waals surface area contributed by atoms with Crippen molar-refractivity contribution < 1.29 is 55.2 Å². The number of carbonyl (C=O) groups excluding carboxylic acids is 1. The van der Waals surface area contributed by atoms with E-state index in [0.717, 1.165) is 30.3 Å². The summed E-state index contributed by atoms with van der Waals surface area (Å²) in [6.07, 6.45) is -11.7. The molecular weight excluding hydrogens is 653 g/mol. The van der Waals surface area contributed by atoms with Crippen molar-refractivity contribution >= 4 is 35.1 Å². The highest BCUT2D eigenvalue weighted by Gasteiger charge is 2.32. The van der Waals surface area contributed by atoms with Crippen LogP contribution in [0.2, 0.25) is 10.0 Å². The van der Waals surface area contributed by atoms with Gasteiger partial charge in [0.25, 0.3) is 0 Å². The quantitative estimate of drug-likeness (QED) is 0.148. The fourth-order valence-corrected chi connectivity index (χ4v) is 3.91.